The largest absolute Gasteiger partial charge is 0.378 e. The van der Waals surface area contributed by atoms with Gasteiger partial charge in [0, 0.05) is 35.0 Å². The van der Waals surface area contributed by atoms with Crippen molar-refractivity contribution in [3.05, 3.63) is 48.5 Å². The molecule has 0 saturated carbocycles. The summed E-state index contributed by atoms with van der Waals surface area (Å²) in [5.41, 5.74) is 7.88. The molecule has 1 aliphatic heterocycles. The first-order valence-corrected chi connectivity index (χ1v) is 10.1. The summed E-state index contributed by atoms with van der Waals surface area (Å²) < 4.78 is 5.37. The van der Waals surface area contributed by atoms with Gasteiger partial charge in [0.05, 0.1) is 25.5 Å². The maximum atomic E-state index is 12.3. The molecule has 3 rings (SSSR count). The monoisotopic (exact) mass is 400 g/mol. The molecule has 8 heteroatoms. The Hall–Kier alpha value is -2.71. The first kappa shape index (κ1) is 20.0. The highest BCUT2D eigenvalue weighted by Gasteiger charge is 2.11. The maximum absolute atomic E-state index is 12.3. The predicted molar refractivity (Wildman–Crippen MR) is 113 cm³/mol. The third kappa shape index (κ3) is 5.90. The summed E-state index contributed by atoms with van der Waals surface area (Å²) in [6.07, 6.45) is 0. The van der Waals surface area contributed by atoms with Gasteiger partial charge in [-0.3, -0.25) is 9.59 Å². The molecule has 0 spiro atoms. The average molecular weight is 401 g/mol. The molecule has 0 bridgehead atoms. The molecule has 1 fully saturated rings. The second kappa shape index (κ2) is 10.0. The van der Waals surface area contributed by atoms with E-state index in [2.05, 4.69) is 15.5 Å². The third-order valence-corrected chi connectivity index (χ3v) is 5.32. The van der Waals surface area contributed by atoms with E-state index in [0.717, 1.165) is 48.3 Å². The fourth-order valence-corrected chi connectivity index (χ4v) is 3.61. The maximum Gasteiger partial charge on any atom is 0.243 e. The Morgan fingerprint density at radius 3 is 2.50 bits per heavy atom. The summed E-state index contributed by atoms with van der Waals surface area (Å²) in [4.78, 5) is 26.4. The first-order chi connectivity index (χ1) is 13.6. The molecule has 28 heavy (non-hydrogen) atoms. The lowest BCUT2D eigenvalue weighted by Crippen LogP contribution is -2.36. The van der Waals surface area contributed by atoms with Gasteiger partial charge in [-0.25, -0.2) is 0 Å². The molecule has 1 heterocycles. The Bertz CT molecular complexity index is 807. The Labute approximate surface area is 168 Å². The van der Waals surface area contributed by atoms with Crippen LogP contribution in [-0.4, -0.2) is 50.4 Å². The first-order valence-electron chi connectivity index (χ1n) is 9.08. The molecule has 1 aliphatic rings. The molecular formula is C20H24N4O3S. The van der Waals surface area contributed by atoms with Crippen molar-refractivity contribution >= 4 is 40.6 Å². The number of nitrogens with zero attached hydrogens (tertiary/aromatic N) is 1. The number of morpholine rings is 1. The minimum Gasteiger partial charge on any atom is -0.378 e. The van der Waals surface area contributed by atoms with E-state index in [1.54, 1.807) is 0 Å². The van der Waals surface area contributed by atoms with Crippen molar-refractivity contribution in [2.45, 2.75) is 4.90 Å². The zero-order valence-electron chi connectivity index (χ0n) is 15.5. The molecule has 2 aromatic rings. The number of benzene rings is 2. The lowest BCUT2D eigenvalue weighted by Gasteiger charge is -2.28. The number of carbonyl (C=O) groups excluding carboxylic acids is 2. The second-order valence-electron chi connectivity index (χ2n) is 6.30. The average Bonchev–Trinajstić information content (AvgIpc) is 2.72. The quantitative estimate of drug-likeness (QED) is 0.588. The third-order valence-electron chi connectivity index (χ3n) is 4.22. The molecule has 148 valence electrons. The molecule has 0 unspecified atom stereocenters. The van der Waals surface area contributed by atoms with Crippen LogP contribution in [0.3, 0.4) is 0 Å². The van der Waals surface area contributed by atoms with Crippen LogP contribution in [-0.2, 0) is 14.3 Å². The number of hydrogen-bond acceptors (Lipinski definition) is 6. The standard InChI is InChI=1S/C20H24N4O3S/c21-19(25)14-28-18-4-2-1-3-17(18)22-13-20(26)23-15-5-7-16(8-6-15)24-9-11-27-12-10-24/h1-8,22H,9-14H2,(H2,21,25)(H,23,26). The van der Waals surface area contributed by atoms with Gasteiger partial charge < -0.3 is 26.0 Å². The van der Waals surface area contributed by atoms with Crippen molar-refractivity contribution in [3.63, 3.8) is 0 Å². The molecule has 0 aliphatic carbocycles. The van der Waals surface area contributed by atoms with E-state index in [9.17, 15) is 9.59 Å². The summed E-state index contributed by atoms with van der Waals surface area (Å²) >= 11 is 1.34. The van der Waals surface area contributed by atoms with E-state index in [1.165, 1.54) is 11.8 Å². The van der Waals surface area contributed by atoms with Crippen molar-refractivity contribution < 1.29 is 14.3 Å². The van der Waals surface area contributed by atoms with Gasteiger partial charge in [0.1, 0.15) is 0 Å². The molecule has 4 N–H and O–H groups in total. The Balaban J connectivity index is 1.51. The summed E-state index contributed by atoms with van der Waals surface area (Å²) in [6, 6.07) is 15.3. The van der Waals surface area contributed by atoms with Gasteiger partial charge in [-0.15, -0.1) is 11.8 Å². The van der Waals surface area contributed by atoms with E-state index in [1.807, 2.05) is 48.5 Å². The van der Waals surface area contributed by atoms with E-state index < -0.39 is 0 Å². The number of rotatable bonds is 8. The number of thioether (sulfide) groups is 1. The number of carbonyl (C=O) groups is 2. The van der Waals surface area contributed by atoms with Crippen LogP contribution in [0.4, 0.5) is 17.1 Å². The molecule has 0 atom stereocenters. The summed E-state index contributed by atoms with van der Waals surface area (Å²) in [6.45, 7) is 3.36. The van der Waals surface area contributed by atoms with Gasteiger partial charge in [0.15, 0.2) is 0 Å². The highest BCUT2D eigenvalue weighted by atomic mass is 32.2. The number of para-hydroxylation sites is 1. The Morgan fingerprint density at radius 1 is 1.07 bits per heavy atom. The lowest BCUT2D eigenvalue weighted by molar-refractivity contribution is -0.116. The zero-order chi connectivity index (χ0) is 19.8. The summed E-state index contributed by atoms with van der Waals surface area (Å²) in [5, 5.41) is 6.00. The predicted octanol–water partition coefficient (Wildman–Crippen LogP) is 2.15. The lowest BCUT2D eigenvalue weighted by atomic mass is 10.2. The summed E-state index contributed by atoms with van der Waals surface area (Å²) in [5.74, 6) is -0.327. The number of ether oxygens (including phenoxy) is 1. The smallest absolute Gasteiger partial charge is 0.243 e. The highest BCUT2D eigenvalue weighted by molar-refractivity contribution is 8.00. The van der Waals surface area contributed by atoms with Gasteiger partial charge in [-0.05, 0) is 36.4 Å². The number of nitrogens with two attached hydrogens (primary N) is 1. The van der Waals surface area contributed by atoms with Crippen molar-refractivity contribution in [3.8, 4) is 0 Å². The number of hydrogen-bond donors (Lipinski definition) is 3. The van der Waals surface area contributed by atoms with Crippen molar-refractivity contribution in [2.75, 3.05) is 54.1 Å². The van der Waals surface area contributed by atoms with Crippen LogP contribution < -0.4 is 21.3 Å². The Morgan fingerprint density at radius 2 is 1.79 bits per heavy atom. The minimum absolute atomic E-state index is 0.124. The van der Waals surface area contributed by atoms with Crippen molar-refractivity contribution in [1.29, 1.82) is 0 Å². The topological polar surface area (TPSA) is 96.7 Å². The van der Waals surface area contributed by atoms with Gasteiger partial charge in [0.2, 0.25) is 11.8 Å². The number of nitrogens with one attached hydrogen (secondary N) is 2. The number of amides is 2. The van der Waals surface area contributed by atoms with Crippen LogP contribution in [0.25, 0.3) is 0 Å². The SMILES string of the molecule is NC(=O)CSc1ccccc1NCC(=O)Nc1ccc(N2CCOCC2)cc1. The molecular weight excluding hydrogens is 376 g/mol. The second-order valence-corrected chi connectivity index (χ2v) is 7.32. The van der Waals surface area contributed by atoms with E-state index in [0.29, 0.717) is 0 Å². The van der Waals surface area contributed by atoms with E-state index in [-0.39, 0.29) is 24.1 Å². The Kier molecular flexibility index (Phi) is 7.16. The molecule has 0 aromatic heterocycles. The van der Waals surface area contributed by atoms with Gasteiger partial charge in [-0.2, -0.15) is 0 Å². The minimum atomic E-state index is -0.377. The van der Waals surface area contributed by atoms with Crippen LogP contribution in [0.5, 0.6) is 0 Å². The molecule has 7 nitrogen and oxygen atoms in total. The van der Waals surface area contributed by atoms with Crippen LogP contribution >= 0.6 is 11.8 Å². The van der Waals surface area contributed by atoms with Gasteiger partial charge in [0.25, 0.3) is 0 Å². The fourth-order valence-electron chi connectivity index (χ4n) is 2.85. The van der Waals surface area contributed by atoms with Crippen LogP contribution in [0, 0.1) is 0 Å². The van der Waals surface area contributed by atoms with Gasteiger partial charge >= 0.3 is 0 Å². The highest BCUT2D eigenvalue weighted by Crippen LogP contribution is 2.26. The normalized spacial score (nSPS) is 13.8. The van der Waals surface area contributed by atoms with Crippen molar-refractivity contribution in [2.24, 2.45) is 5.73 Å². The van der Waals surface area contributed by atoms with Crippen LogP contribution in [0.2, 0.25) is 0 Å². The fraction of sp³-hybridized carbons (Fsp3) is 0.300. The van der Waals surface area contributed by atoms with Gasteiger partial charge in [-0.1, -0.05) is 12.1 Å². The zero-order valence-corrected chi connectivity index (χ0v) is 16.3. The number of anilines is 3. The molecule has 1 saturated heterocycles. The molecule has 2 aromatic carbocycles. The van der Waals surface area contributed by atoms with E-state index in [4.69, 9.17) is 10.5 Å². The van der Waals surface area contributed by atoms with Crippen molar-refractivity contribution in [1.82, 2.24) is 0 Å². The van der Waals surface area contributed by atoms with E-state index >= 15 is 0 Å². The molecule has 0 radical (unpaired) electrons. The summed E-state index contributed by atoms with van der Waals surface area (Å²) in [7, 11) is 0. The number of primary amides is 1. The van der Waals surface area contributed by atoms with Crippen LogP contribution in [0.15, 0.2) is 53.4 Å². The molecule has 2 amide bonds. The van der Waals surface area contributed by atoms with Crippen LogP contribution in [0.1, 0.15) is 0 Å².